The third-order valence-corrected chi connectivity index (χ3v) is 7.94. The zero-order chi connectivity index (χ0) is 20.0. The third kappa shape index (κ3) is 3.72. The molecule has 0 fully saturated rings. The SMILES string of the molecule is CC(CN1c2ccccc2Sc2ccc(S(=O)(=O)[N+](C)(C)[O-])cc21)N(C)C. The van der Waals surface area contributed by atoms with Crippen molar-refractivity contribution in [2.24, 2.45) is 0 Å². The molecule has 0 bridgehead atoms. The van der Waals surface area contributed by atoms with Gasteiger partial charge in [0, 0.05) is 22.4 Å². The first-order valence-electron chi connectivity index (χ1n) is 8.67. The molecule has 0 aliphatic carbocycles. The molecule has 0 aromatic heterocycles. The maximum atomic E-state index is 12.6. The Bertz CT molecular complexity index is 953. The van der Waals surface area contributed by atoms with Gasteiger partial charge in [0.05, 0.1) is 25.5 Å². The van der Waals surface area contributed by atoms with E-state index in [1.54, 1.807) is 23.9 Å². The van der Waals surface area contributed by atoms with Crippen LogP contribution in [0, 0.1) is 5.21 Å². The number of hydroxylamine groups is 2. The molecule has 1 atom stereocenters. The second kappa shape index (κ2) is 7.10. The summed E-state index contributed by atoms with van der Waals surface area (Å²) in [5.41, 5.74) is 1.87. The smallest absolute Gasteiger partial charge is 0.326 e. The molecular weight excluding hydrogens is 382 g/mol. The van der Waals surface area contributed by atoms with Crippen molar-refractivity contribution in [1.29, 1.82) is 0 Å². The van der Waals surface area contributed by atoms with E-state index in [2.05, 4.69) is 22.8 Å². The van der Waals surface area contributed by atoms with Crippen molar-refractivity contribution >= 4 is 33.2 Å². The normalized spacial score (nSPS) is 15.4. The molecule has 0 N–H and O–H groups in total. The van der Waals surface area contributed by atoms with Gasteiger partial charge in [-0.15, -0.1) is 0 Å². The Morgan fingerprint density at radius 3 is 2.37 bits per heavy atom. The van der Waals surface area contributed by atoms with E-state index in [-0.39, 0.29) is 10.9 Å². The Balaban J connectivity index is 2.13. The third-order valence-electron chi connectivity index (χ3n) is 4.80. The topological polar surface area (TPSA) is 63.7 Å². The average molecular weight is 408 g/mol. The largest absolute Gasteiger partial charge is 0.617 e. The number of sulfonamides is 1. The van der Waals surface area contributed by atoms with E-state index in [4.69, 9.17) is 0 Å². The zero-order valence-corrected chi connectivity index (χ0v) is 17.8. The summed E-state index contributed by atoms with van der Waals surface area (Å²) in [4.78, 5) is 6.43. The molecule has 0 saturated carbocycles. The van der Waals surface area contributed by atoms with E-state index in [9.17, 15) is 13.6 Å². The molecule has 1 aliphatic rings. The van der Waals surface area contributed by atoms with Gasteiger partial charge in [-0.3, -0.25) is 4.05 Å². The van der Waals surface area contributed by atoms with E-state index < -0.39 is 14.1 Å². The Morgan fingerprint density at radius 1 is 1.11 bits per heavy atom. The molecule has 0 amide bonds. The number of anilines is 2. The molecule has 146 valence electrons. The lowest BCUT2D eigenvalue weighted by Gasteiger charge is -2.37. The summed E-state index contributed by atoms with van der Waals surface area (Å²) in [5.74, 6) is 0. The summed E-state index contributed by atoms with van der Waals surface area (Å²) in [7, 11) is 2.28. The standard InChI is InChI=1S/C19H25N3O3S2/c1-14(20(2)3)13-21-16-8-6-7-9-18(16)26-19-11-10-15(12-17(19)21)27(24,25)22(4,5)23/h6-12,14H,13H2,1-5H3. The number of para-hydroxylation sites is 1. The van der Waals surface area contributed by atoms with Gasteiger partial charge in [0.25, 0.3) is 0 Å². The van der Waals surface area contributed by atoms with Crippen LogP contribution in [0.3, 0.4) is 0 Å². The van der Waals surface area contributed by atoms with Crippen LogP contribution in [0.2, 0.25) is 0 Å². The van der Waals surface area contributed by atoms with E-state index in [0.29, 0.717) is 6.54 Å². The summed E-state index contributed by atoms with van der Waals surface area (Å²) in [6.07, 6.45) is 0. The lowest BCUT2D eigenvalue weighted by atomic mass is 10.2. The number of benzene rings is 2. The minimum Gasteiger partial charge on any atom is -0.617 e. The number of hydrogen-bond donors (Lipinski definition) is 0. The zero-order valence-electron chi connectivity index (χ0n) is 16.2. The first-order valence-corrected chi connectivity index (χ1v) is 10.9. The van der Waals surface area contributed by atoms with E-state index in [1.807, 2.05) is 32.3 Å². The van der Waals surface area contributed by atoms with Gasteiger partial charge in [0.2, 0.25) is 0 Å². The van der Waals surface area contributed by atoms with Crippen molar-refractivity contribution in [3.8, 4) is 0 Å². The van der Waals surface area contributed by atoms with E-state index in [1.165, 1.54) is 6.07 Å². The molecule has 0 spiro atoms. The van der Waals surface area contributed by atoms with E-state index in [0.717, 1.165) is 35.3 Å². The first kappa shape index (κ1) is 20.2. The van der Waals surface area contributed by atoms with Crippen LogP contribution in [0.4, 0.5) is 11.4 Å². The van der Waals surface area contributed by atoms with Crippen molar-refractivity contribution in [2.75, 3.05) is 39.6 Å². The number of likely N-dealkylation sites (N-methyl/N-ethyl adjacent to an activating group) is 1. The maximum absolute atomic E-state index is 12.6. The fourth-order valence-corrected chi connectivity index (χ4v) is 4.93. The lowest BCUT2D eigenvalue weighted by Crippen LogP contribution is -2.39. The van der Waals surface area contributed by atoms with Gasteiger partial charge in [0.1, 0.15) is 4.90 Å². The van der Waals surface area contributed by atoms with Crippen molar-refractivity contribution in [2.45, 2.75) is 27.7 Å². The number of nitrogens with zero attached hydrogens (tertiary/aromatic N) is 3. The van der Waals surface area contributed by atoms with Crippen molar-refractivity contribution in [1.82, 2.24) is 4.90 Å². The Kier molecular flexibility index (Phi) is 5.31. The maximum Gasteiger partial charge on any atom is 0.326 e. The Morgan fingerprint density at radius 2 is 1.74 bits per heavy atom. The lowest BCUT2D eigenvalue weighted by molar-refractivity contribution is -0.704. The second-order valence-corrected chi connectivity index (χ2v) is 10.7. The molecule has 3 rings (SSSR count). The van der Waals surface area contributed by atoms with Gasteiger partial charge in [-0.2, -0.15) is 8.42 Å². The number of quaternary nitrogens is 1. The summed E-state index contributed by atoms with van der Waals surface area (Å²) in [6.45, 7) is 2.83. The fraction of sp³-hybridized carbons (Fsp3) is 0.368. The van der Waals surface area contributed by atoms with Crippen molar-refractivity contribution in [3.05, 3.63) is 47.7 Å². The predicted octanol–water partition coefficient (Wildman–Crippen LogP) is 3.50. The number of rotatable bonds is 5. The monoisotopic (exact) mass is 407 g/mol. The van der Waals surface area contributed by atoms with Crippen LogP contribution in [0.1, 0.15) is 6.92 Å². The van der Waals surface area contributed by atoms with Gasteiger partial charge >= 0.3 is 10.0 Å². The molecule has 2 aromatic carbocycles. The molecule has 1 unspecified atom stereocenters. The highest BCUT2D eigenvalue weighted by Gasteiger charge is 2.31. The second-order valence-electron chi connectivity index (χ2n) is 7.35. The minimum atomic E-state index is -4.02. The Labute approximate surface area is 165 Å². The van der Waals surface area contributed by atoms with E-state index >= 15 is 0 Å². The minimum absolute atomic E-state index is 0.0451. The van der Waals surface area contributed by atoms with Gasteiger partial charge in [-0.05, 0) is 51.4 Å². The molecule has 0 saturated heterocycles. The molecule has 0 radical (unpaired) electrons. The van der Waals surface area contributed by atoms with Crippen LogP contribution in [0.5, 0.6) is 0 Å². The van der Waals surface area contributed by atoms with Crippen molar-refractivity contribution in [3.63, 3.8) is 0 Å². The molecule has 2 aromatic rings. The highest BCUT2D eigenvalue weighted by atomic mass is 32.2. The summed E-state index contributed by atoms with van der Waals surface area (Å²) in [6, 6.07) is 13.3. The summed E-state index contributed by atoms with van der Waals surface area (Å²) < 4.78 is 23.9. The predicted molar refractivity (Wildman–Crippen MR) is 110 cm³/mol. The molecule has 27 heavy (non-hydrogen) atoms. The highest BCUT2D eigenvalue weighted by Crippen LogP contribution is 2.48. The quantitative estimate of drug-likeness (QED) is 0.558. The van der Waals surface area contributed by atoms with Crippen LogP contribution in [0.15, 0.2) is 57.2 Å². The Hall–Kier alpha value is -1.58. The van der Waals surface area contributed by atoms with Crippen LogP contribution in [-0.2, 0) is 10.0 Å². The van der Waals surface area contributed by atoms with Gasteiger partial charge in [-0.25, -0.2) is 0 Å². The van der Waals surface area contributed by atoms with Crippen LogP contribution >= 0.6 is 11.8 Å². The molecule has 1 aliphatic heterocycles. The average Bonchev–Trinajstić information content (AvgIpc) is 2.59. The van der Waals surface area contributed by atoms with Crippen LogP contribution < -0.4 is 4.90 Å². The van der Waals surface area contributed by atoms with Crippen LogP contribution in [0.25, 0.3) is 0 Å². The molecular formula is C19H25N3O3S2. The fourth-order valence-electron chi connectivity index (χ4n) is 2.85. The van der Waals surface area contributed by atoms with Gasteiger partial charge < -0.3 is 15.0 Å². The molecule has 6 nitrogen and oxygen atoms in total. The van der Waals surface area contributed by atoms with Crippen molar-refractivity contribution < 1.29 is 12.5 Å². The number of fused-ring (bicyclic) bond motifs is 2. The van der Waals surface area contributed by atoms with Crippen LogP contribution in [-0.4, -0.2) is 58.1 Å². The highest BCUT2D eigenvalue weighted by molar-refractivity contribution is 7.99. The molecule has 1 heterocycles. The summed E-state index contributed by atoms with van der Waals surface area (Å²) >= 11 is 1.62. The first-order chi connectivity index (χ1) is 12.5. The van der Waals surface area contributed by atoms with Gasteiger partial charge in [-0.1, -0.05) is 23.9 Å². The summed E-state index contributed by atoms with van der Waals surface area (Å²) in [5, 5.41) is 12.2. The molecule has 8 heteroatoms. The van der Waals surface area contributed by atoms with Gasteiger partial charge in [0.15, 0.2) is 0 Å². The number of hydrogen-bond acceptors (Lipinski definition) is 6.